The highest BCUT2D eigenvalue weighted by atomic mass is 16.5. The Bertz CT molecular complexity index is 583. The summed E-state index contributed by atoms with van der Waals surface area (Å²) in [4.78, 5) is 17.2. The van der Waals surface area contributed by atoms with Crippen molar-refractivity contribution in [2.24, 2.45) is 5.92 Å². The maximum Gasteiger partial charge on any atom is 0.244 e. The van der Waals surface area contributed by atoms with Gasteiger partial charge in [0.2, 0.25) is 5.91 Å². The molecule has 1 amide bonds. The summed E-state index contributed by atoms with van der Waals surface area (Å²) < 4.78 is 7.61. The van der Waals surface area contributed by atoms with Crippen LogP contribution in [-0.4, -0.2) is 71.4 Å². The molecule has 6 nitrogen and oxygen atoms in total. The van der Waals surface area contributed by atoms with Gasteiger partial charge in [0.25, 0.3) is 0 Å². The van der Waals surface area contributed by atoms with Crippen LogP contribution >= 0.6 is 0 Å². The van der Waals surface area contributed by atoms with Crippen molar-refractivity contribution in [3.8, 4) is 0 Å². The predicted molar refractivity (Wildman–Crippen MR) is 88.4 cm³/mol. The fourth-order valence-electron chi connectivity index (χ4n) is 3.88. The van der Waals surface area contributed by atoms with Crippen LogP contribution in [-0.2, 0) is 22.5 Å². The van der Waals surface area contributed by atoms with Gasteiger partial charge in [0, 0.05) is 31.2 Å². The molecule has 1 aromatic rings. The quantitative estimate of drug-likeness (QED) is 0.828. The van der Waals surface area contributed by atoms with Crippen molar-refractivity contribution < 1.29 is 9.53 Å². The van der Waals surface area contributed by atoms with Gasteiger partial charge >= 0.3 is 0 Å². The van der Waals surface area contributed by atoms with Crippen LogP contribution in [0.25, 0.3) is 0 Å². The van der Waals surface area contributed by atoms with Crippen LogP contribution in [0, 0.1) is 19.8 Å². The molecule has 2 bridgehead atoms. The van der Waals surface area contributed by atoms with Crippen LogP contribution in [0.4, 0.5) is 0 Å². The Hall–Kier alpha value is -1.40. The molecule has 3 rings (SSSR count). The van der Waals surface area contributed by atoms with Crippen molar-refractivity contribution in [3.63, 3.8) is 0 Å². The van der Waals surface area contributed by atoms with Gasteiger partial charge in [-0.1, -0.05) is 6.92 Å². The molecule has 2 fully saturated rings. The number of aryl methyl sites for hydroxylation is 1. The van der Waals surface area contributed by atoms with E-state index >= 15 is 0 Å². The maximum atomic E-state index is 12.8. The normalized spacial score (nSPS) is 25.5. The first-order chi connectivity index (χ1) is 11.0. The highest BCUT2D eigenvalue weighted by molar-refractivity contribution is 5.76. The second-order valence-electron chi connectivity index (χ2n) is 6.96. The summed E-state index contributed by atoms with van der Waals surface area (Å²) in [6.45, 7) is 10.6. The highest BCUT2D eigenvalue weighted by Gasteiger charge is 2.33. The number of nitrogens with zero attached hydrogens (tertiary/aromatic N) is 4. The van der Waals surface area contributed by atoms with E-state index in [0.717, 1.165) is 50.7 Å². The Morgan fingerprint density at radius 3 is 2.74 bits per heavy atom. The van der Waals surface area contributed by atoms with Gasteiger partial charge in [-0.3, -0.25) is 14.4 Å². The van der Waals surface area contributed by atoms with Gasteiger partial charge in [0.05, 0.1) is 24.9 Å². The first-order valence-electron chi connectivity index (χ1n) is 8.58. The van der Waals surface area contributed by atoms with Crippen molar-refractivity contribution in [1.29, 1.82) is 0 Å². The maximum absolute atomic E-state index is 12.8. The Morgan fingerprint density at radius 2 is 2.04 bits per heavy atom. The SMILES string of the molecule is CCc1c(C)nn(CC(=O)N2C[C@@H]3COC[C@H](C2)N(C)C3)c1C. The lowest BCUT2D eigenvalue weighted by molar-refractivity contribution is -0.133. The van der Waals surface area contributed by atoms with Crippen molar-refractivity contribution in [3.05, 3.63) is 17.0 Å². The van der Waals surface area contributed by atoms with E-state index in [9.17, 15) is 4.79 Å². The average molecular weight is 320 g/mol. The Balaban J connectivity index is 1.73. The highest BCUT2D eigenvalue weighted by Crippen LogP contribution is 2.19. The van der Waals surface area contributed by atoms with E-state index in [1.54, 1.807) is 0 Å². The summed E-state index contributed by atoms with van der Waals surface area (Å²) in [6.07, 6.45) is 0.960. The number of amides is 1. The standard InChI is InChI=1S/C17H28N4O2/c1-5-16-12(2)18-21(13(16)3)9-17(22)20-7-14-6-19(4)15(8-20)11-23-10-14/h14-15H,5-11H2,1-4H3/t14-,15+/m1/s1. The van der Waals surface area contributed by atoms with Crippen LogP contribution in [0.1, 0.15) is 23.9 Å². The van der Waals surface area contributed by atoms with Gasteiger partial charge < -0.3 is 9.64 Å². The number of hydrogen-bond donors (Lipinski definition) is 0. The predicted octanol–water partition coefficient (Wildman–Crippen LogP) is 0.851. The zero-order valence-corrected chi connectivity index (χ0v) is 14.7. The van der Waals surface area contributed by atoms with Gasteiger partial charge in [-0.25, -0.2) is 0 Å². The van der Waals surface area contributed by atoms with E-state index < -0.39 is 0 Å². The summed E-state index contributed by atoms with van der Waals surface area (Å²) in [7, 11) is 2.13. The molecule has 2 atom stereocenters. The molecule has 3 heterocycles. The van der Waals surface area contributed by atoms with Crippen LogP contribution in [0.15, 0.2) is 0 Å². The van der Waals surface area contributed by atoms with E-state index in [1.165, 1.54) is 5.56 Å². The number of carbonyl (C=O) groups excluding carboxylic acids is 1. The second-order valence-corrected chi connectivity index (χ2v) is 6.96. The van der Waals surface area contributed by atoms with Gasteiger partial charge in [-0.15, -0.1) is 0 Å². The zero-order chi connectivity index (χ0) is 16.6. The summed E-state index contributed by atoms with van der Waals surface area (Å²) in [5.41, 5.74) is 3.42. The fourth-order valence-corrected chi connectivity index (χ4v) is 3.88. The van der Waals surface area contributed by atoms with E-state index in [-0.39, 0.29) is 5.91 Å². The zero-order valence-electron chi connectivity index (χ0n) is 14.7. The average Bonchev–Trinajstić information content (AvgIpc) is 2.63. The van der Waals surface area contributed by atoms with Gasteiger partial charge in [0.1, 0.15) is 6.54 Å². The molecule has 0 unspecified atom stereocenters. The number of ether oxygens (including phenoxy) is 1. The first-order valence-corrected chi connectivity index (χ1v) is 8.58. The first kappa shape index (κ1) is 16.5. The molecular formula is C17H28N4O2. The number of hydrogen-bond acceptors (Lipinski definition) is 4. The molecule has 0 aromatic carbocycles. The summed E-state index contributed by atoms with van der Waals surface area (Å²) in [5.74, 6) is 0.577. The van der Waals surface area contributed by atoms with Crippen molar-refractivity contribution >= 4 is 5.91 Å². The molecule has 0 N–H and O–H groups in total. The van der Waals surface area contributed by atoms with Gasteiger partial charge in [-0.2, -0.15) is 5.10 Å². The monoisotopic (exact) mass is 320 g/mol. The molecule has 6 heteroatoms. The molecule has 0 radical (unpaired) electrons. The number of carbonyl (C=O) groups is 1. The van der Waals surface area contributed by atoms with E-state index in [1.807, 2.05) is 16.5 Å². The van der Waals surface area contributed by atoms with E-state index in [4.69, 9.17) is 4.74 Å². The Kier molecular flexibility index (Phi) is 4.73. The van der Waals surface area contributed by atoms with Crippen molar-refractivity contribution in [2.45, 2.75) is 39.8 Å². The second kappa shape index (κ2) is 6.61. The summed E-state index contributed by atoms with van der Waals surface area (Å²) in [5, 5.41) is 4.56. The molecule has 128 valence electrons. The minimum Gasteiger partial charge on any atom is -0.379 e. The topological polar surface area (TPSA) is 50.6 Å². The number of fused-ring (bicyclic) bond motifs is 3. The lowest BCUT2D eigenvalue weighted by atomic mass is 10.1. The molecule has 0 spiro atoms. The van der Waals surface area contributed by atoms with Crippen LogP contribution in [0.2, 0.25) is 0 Å². The third-order valence-corrected chi connectivity index (χ3v) is 5.27. The molecule has 2 saturated heterocycles. The lowest BCUT2D eigenvalue weighted by Gasteiger charge is -2.29. The molecule has 0 saturated carbocycles. The summed E-state index contributed by atoms with van der Waals surface area (Å²) >= 11 is 0. The van der Waals surface area contributed by atoms with Gasteiger partial charge in [0.15, 0.2) is 0 Å². The lowest BCUT2D eigenvalue weighted by Crippen LogP contribution is -2.45. The smallest absolute Gasteiger partial charge is 0.244 e. The van der Waals surface area contributed by atoms with E-state index in [0.29, 0.717) is 18.5 Å². The van der Waals surface area contributed by atoms with Crippen LogP contribution < -0.4 is 0 Å². The Morgan fingerprint density at radius 1 is 1.26 bits per heavy atom. The van der Waals surface area contributed by atoms with Crippen molar-refractivity contribution in [2.75, 3.05) is 39.9 Å². The van der Waals surface area contributed by atoms with Crippen molar-refractivity contribution in [1.82, 2.24) is 19.6 Å². The molecule has 2 aliphatic heterocycles. The van der Waals surface area contributed by atoms with Crippen LogP contribution in [0.5, 0.6) is 0 Å². The number of rotatable bonds is 3. The minimum absolute atomic E-state index is 0.172. The molecular weight excluding hydrogens is 292 g/mol. The number of likely N-dealkylation sites (N-methyl/N-ethyl adjacent to an activating group) is 1. The molecule has 1 aromatic heterocycles. The molecule has 0 aliphatic carbocycles. The third-order valence-electron chi connectivity index (χ3n) is 5.27. The molecule has 2 aliphatic rings. The third kappa shape index (κ3) is 3.28. The van der Waals surface area contributed by atoms with Gasteiger partial charge in [-0.05, 0) is 32.9 Å². The summed E-state index contributed by atoms with van der Waals surface area (Å²) in [6, 6.07) is 0.304. The minimum atomic E-state index is 0.172. The fraction of sp³-hybridized carbons (Fsp3) is 0.765. The number of aromatic nitrogens is 2. The largest absolute Gasteiger partial charge is 0.379 e. The Labute approximate surface area is 138 Å². The van der Waals surface area contributed by atoms with E-state index in [2.05, 4.69) is 30.9 Å². The van der Waals surface area contributed by atoms with Crippen LogP contribution in [0.3, 0.4) is 0 Å². The molecule has 23 heavy (non-hydrogen) atoms.